The Balaban J connectivity index is 0.000000709. The molecule has 0 radical (unpaired) electrons. The summed E-state index contributed by atoms with van der Waals surface area (Å²) in [6.07, 6.45) is 3.57. The molecule has 2 aromatic heterocycles. The van der Waals surface area contributed by atoms with Crippen LogP contribution in [0.3, 0.4) is 0 Å². The van der Waals surface area contributed by atoms with Crippen LogP contribution in [0.15, 0.2) is 73.4 Å². The number of hydrogen-bond donors (Lipinski definition) is 3. The second-order valence-corrected chi connectivity index (χ2v) is 7.96. The lowest BCUT2D eigenvalue weighted by atomic mass is 10.1. The number of carbonyl (C=O) groups is 1. The number of fused-ring (bicyclic) bond motifs is 1. The fourth-order valence-corrected chi connectivity index (χ4v) is 3.87. The first kappa shape index (κ1) is 24.6. The lowest BCUT2D eigenvalue weighted by Gasteiger charge is -2.28. The largest absolute Gasteiger partial charge is 0.388 e. The first-order valence-corrected chi connectivity index (χ1v) is 11.6. The summed E-state index contributed by atoms with van der Waals surface area (Å²) in [6.45, 7) is 6.44. The Bertz CT molecular complexity index is 1330. The van der Waals surface area contributed by atoms with Gasteiger partial charge in [0.1, 0.15) is 17.6 Å². The van der Waals surface area contributed by atoms with Crippen LogP contribution in [0.25, 0.3) is 22.2 Å². The Morgan fingerprint density at radius 3 is 2.50 bits per heavy atom. The molecule has 3 heterocycles. The number of aromatic nitrogens is 3. The Kier molecular flexibility index (Phi) is 8.05. The van der Waals surface area contributed by atoms with Crippen LogP contribution in [-0.2, 0) is 9.53 Å². The SMILES string of the molecule is C=CC=O.CNc1cccc(-c2nccc3c(N)nc(Nc4ccc(N5CCOCC5)cc4)nc23)c1. The van der Waals surface area contributed by atoms with E-state index in [2.05, 4.69) is 44.2 Å². The van der Waals surface area contributed by atoms with Gasteiger partial charge in [0, 0.05) is 54.3 Å². The number of allylic oxidation sites excluding steroid dienone is 1. The quantitative estimate of drug-likeness (QED) is 0.273. The van der Waals surface area contributed by atoms with Crippen LogP contribution in [0.2, 0.25) is 0 Å². The lowest BCUT2D eigenvalue weighted by molar-refractivity contribution is -0.104. The van der Waals surface area contributed by atoms with E-state index in [1.165, 1.54) is 11.8 Å². The smallest absolute Gasteiger partial charge is 0.229 e. The fourth-order valence-electron chi connectivity index (χ4n) is 3.87. The van der Waals surface area contributed by atoms with Crippen LogP contribution in [0.4, 0.5) is 28.8 Å². The highest BCUT2D eigenvalue weighted by molar-refractivity contribution is 5.97. The standard InChI is InChI=1S/C24H25N7O.C3H4O/c1-26-18-4-2-3-16(15-18)21-22-20(9-10-27-21)23(25)30-24(29-22)28-17-5-7-19(8-6-17)31-11-13-32-14-12-31;1-2-3-4/h2-10,15,26H,11-14H2,1H3,(H3,25,28,29,30);2-3H,1H2. The lowest BCUT2D eigenvalue weighted by Crippen LogP contribution is -2.36. The number of ether oxygens (including phenoxy) is 1. The van der Waals surface area contributed by atoms with E-state index in [0.717, 1.165) is 54.3 Å². The van der Waals surface area contributed by atoms with E-state index in [9.17, 15) is 0 Å². The highest BCUT2D eigenvalue weighted by Gasteiger charge is 2.14. The summed E-state index contributed by atoms with van der Waals surface area (Å²) in [4.78, 5) is 25.2. The third-order valence-corrected chi connectivity index (χ3v) is 5.66. The highest BCUT2D eigenvalue weighted by Crippen LogP contribution is 2.30. The van der Waals surface area contributed by atoms with Crippen LogP contribution in [0, 0.1) is 0 Å². The molecule has 1 saturated heterocycles. The molecule has 1 fully saturated rings. The number of nitrogens with zero attached hydrogens (tertiary/aromatic N) is 4. The third kappa shape index (κ3) is 5.76. The van der Waals surface area contributed by atoms with E-state index in [1.807, 2.05) is 49.5 Å². The molecule has 0 saturated carbocycles. The number of nitrogens with one attached hydrogen (secondary N) is 2. The van der Waals surface area contributed by atoms with Crippen molar-refractivity contribution in [2.75, 3.05) is 54.6 Å². The van der Waals surface area contributed by atoms with Gasteiger partial charge in [-0.2, -0.15) is 4.98 Å². The van der Waals surface area contributed by atoms with Crippen molar-refractivity contribution in [3.63, 3.8) is 0 Å². The molecular weight excluding hydrogens is 454 g/mol. The van der Waals surface area contributed by atoms with E-state index < -0.39 is 0 Å². The minimum absolute atomic E-state index is 0.413. The minimum atomic E-state index is 0.413. The van der Waals surface area contributed by atoms with E-state index in [0.29, 0.717) is 23.6 Å². The average molecular weight is 484 g/mol. The summed E-state index contributed by atoms with van der Waals surface area (Å²) in [7, 11) is 1.89. The van der Waals surface area contributed by atoms with Gasteiger partial charge in [0.05, 0.1) is 18.9 Å². The van der Waals surface area contributed by atoms with Gasteiger partial charge < -0.3 is 26.0 Å². The Morgan fingerprint density at radius 1 is 1.06 bits per heavy atom. The van der Waals surface area contributed by atoms with Gasteiger partial charge in [0.25, 0.3) is 0 Å². The van der Waals surface area contributed by atoms with Crippen LogP contribution < -0.4 is 21.3 Å². The van der Waals surface area contributed by atoms with Crippen molar-refractivity contribution in [3.8, 4) is 11.3 Å². The summed E-state index contributed by atoms with van der Waals surface area (Å²) in [6, 6.07) is 18.1. The van der Waals surface area contributed by atoms with Gasteiger partial charge in [-0.3, -0.25) is 9.78 Å². The van der Waals surface area contributed by atoms with Gasteiger partial charge in [-0.15, -0.1) is 0 Å². The summed E-state index contributed by atoms with van der Waals surface area (Å²) < 4.78 is 5.43. The van der Waals surface area contributed by atoms with E-state index in [-0.39, 0.29) is 0 Å². The zero-order valence-corrected chi connectivity index (χ0v) is 20.1. The molecule has 4 aromatic rings. The van der Waals surface area contributed by atoms with E-state index >= 15 is 0 Å². The van der Waals surface area contributed by atoms with Gasteiger partial charge >= 0.3 is 0 Å². The van der Waals surface area contributed by atoms with Crippen molar-refractivity contribution >= 4 is 46.0 Å². The van der Waals surface area contributed by atoms with Gasteiger partial charge in [-0.05, 0) is 48.5 Å². The number of nitrogens with two attached hydrogens (primary N) is 1. The number of hydrogen-bond acceptors (Lipinski definition) is 9. The fraction of sp³-hybridized carbons (Fsp3) is 0.185. The molecule has 36 heavy (non-hydrogen) atoms. The molecule has 9 heteroatoms. The van der Waals surface area contributed by atoms with Crippen molar-refractivity contribution in [2.45, 2.75) is 0 Å². The molecule has 0 bridgehead atoms. The molecular formula is C27H29N7O2. The monoisotopic (exact) mass is 483 g/mol. The maximum Gasteiger partial charge on any atom is 0.229 e. The number of carbonyl (C=O) groups excluding carboxylic acids is 1. The van der Waals surface area contributed by atoms with Crippen molar-refractivity contribution < 1.29 is 9.53 Å². The molecule has 0 unspecified atom stereocenters. The molecule has 0 atom stereocenters. The summed E-state index contributed by atoms with van der Waals surface area (Å²) >= 11 is 0. The summed E-state index contributed by atoms with van der Waals surface area (Å²) in [5.41, 5.74) is 11.8. The number of pyridine rings is 1. The van der Waals surface area contributed by atoms with Crippen molar-refractivity contribution in [1.82, 2.24) is 15.0 Å². The Labute approximate surface area is 210 Å². The molecule has 0 amide bonds. The first-order chi connectivity index (χ1) is 17.6. The molecule has 2 aromatic carbocycles. The Morgan fingerprint density at radius 2 is 1.81 bits per heavy atom. The zero-order valence-electron chi connectivity index (χ0n) is 20.1. The number of morpholine rings is 1. The molecule has 5 rings (SSSR count). The molecule has 0 spiro atoms. The third-order valence-electron chi connectivity index (χ3n) is 5.66. The van der Waals surface area contributed by atoms with E-state index in [4.69, 9.17) is 20.2 Å². The van der Waals surface area contributed by atoms with Gasteiger partial charge in [0.15, 0.2) is 0 Å². The molecule has 1 aliphatic heterocycles. The topological polar surface area (TPSA) is 118 Å². The first-order valence-electron chi connectivity index (χ1n) is 11.6. The molecule has 4 N–H and O–H groups in total. The zero-order chi connectivity index (χ0) is 25.3. The minimum Gasteiger partial charge on any atom is -0.388 e. The van der Waals surface area contributed by atoms with Gasteiger partial charge in [0.2, 0.25) is 5.95 Å². The van der Waals surface area contributed by atoms with Crippen LogP contribution in [-0.4, -0.2) is 54.6 Å². The second kappa shape index (κ2) is 11.8. The van der Waals surface area contributed by atoms with Crippen LogP contribution >= 0.6 is 0 Å². The summed E-state index contributed by atoms with van der Waals surface area (Å²) in [5, 5.41) is 7.22. The number of benzene rings is 2. The van der Waals surface area contributed by atoms with Gasteiger partial charge in [-0.25, -0.2) is 4.98 Å². The number of nitrogen functional groups attached to an aromatic ring is 1. The van der Waals surface area contributed by atoms with Crippen molar-refractivity contribution in [3.05, 3.63) is 73.4 Å². The number of rotatable bonds is 6. The Hall–Kier alpha value is -4.50. The van der Waals surface area contributed by atoms with Crippen LogP contribution in [0.1, 0.15) is 0 Å². The molecule has 9 nitrogen and oxygen atoms in total. The molecule has 184 valence electrons. The van der Waals surface area contributed by atoms with Crippen LogP contribution in [0.5, 0.6) is 0 Å². The van der Waals surface area contributed by atoms with Crippen molar-refractivity contribution in [1.29, 1.82) is 0 Å². The highest BCUT2D eigenvalue weighted by atomic mass is 16.5. The maximum atomic E-state index is 9.06. The number of aldehydes is 1. The predicted octanol–water partition coefficient (Wildman–Crippen LogP) is 4.27. The second-order valence-electron chi connectivity index (χ2n) is 7.96. The maximum absolute atomic E-state index is 9.06. The average Bonchev–Trinajstić information content (AvgIpc) is 2.94. The van der Waals surface area contributed by atoms with Crippen molar-refractivity contribution in [2.24, 2.45) is 0 Å². The number of anilines is 5. The van der Waals surface area contributed by atoms with Gasteiger partial charge in [-0.1, -0.05) is 18.7 Å². The normalized spacial score (nSPS) is 12.9. The predicted molar refractivity (Wildman–Crippen MR) is 146 cm³/mol. The summed E-state index contributed by atoms with van der Waals surface area (Å²) in [5.74, 6) is 0.851. The molecule has 1 aliphatic rings. The van der Waals surface area contributed by atoms with E-state index in [1.54, 1.807) is 6.20 Å². The molecule has 0 aliphatic carbocycles.